The normalized spacial score (nSPS) is 11.6. The van der Waals surface area contributed by atoms with Gasteiger partial charge in [0.05, 0.1) is 0 Å². The van der Waals surface area contributed by atoms with Gasteiger partial charge in [-0.2, -0.15) is 0 Å². The first-order chi connectivity index (χ1) is 16.8. The van der Waals surface area contributed by atoms with E-state index in [0.717, 1.165) is 33.4 Å². The minimum absolute atomic E-state index is 0.139. The van der Waals surface area contributed by atoms with Gasteiger partial charge in [-0.15, -0.1) is 0 Å². The fourth-order valence-electron chi connectivity index (χ4n) is 4.19. The molecule has 3 rings (SSSR count). The van der Waals surface area contributed by atoms with E-state index in [-0.39, 0.29) is 18.4 Å². The van der Waals surface area contributed by atoms with Crippen molar-refractivity contribution in [2.24, 2.45) is 0 Å². The number of likely N-dealkylation sites (N-methyl/N-ethyl adjacent to an activating group) is 1. The lowest BCUT2D eigenvalue weighted by Gasteiger charge is -2.32. The van der Waals surface area contributed by atoms with E-state index >= 15 is 0 Å². The Bertz CT molecular complexity index is 1160. The van der Waals surface area contributed by atoms with Crippen molar-refractivity contribution < 1.29 is 14.3 Å². The highest BCUT2D eigenvalue weighted by Crippen LogP contribution is 2.24. The lowest BCUT2D eigenvalue weighted by Crippen LogP contribution is -2.51. The van der Waals surface area contributed by atoms with Crippen LogP contribution in [0.2, 0.25) is 0 Å². The van der Waals surface area contributed by atoms with Crippen molar-refractivity contribution in [3.8, 4) is 5.75 Å². The third kappa shape index (κ3) is 6.95. The molecule has 0 aliphatic carbocycles. The van der Waals surface area contributed by atoms with E-state index in [2.05, 4.69) is 11.4 Å². The SMILES string of the molecule is CCNC(=O)[C@H](Cc1ccccc1)N(Cc1ccccc1C)C(=O)COc1cc(C)cc(C)c1C. The van der Waals surface area contributed by atoms with Crippen LogP contribution in [-0.2, 0) is 22.6 Å². The third-order valence-electron chi connectivity index (χ3n) is 6.34. The predicted molar refractivity (Wildman–Crippen MR) is 140 cm³/mol. The number of aryl methyl sites for hydroxylation is 3. The molecule has 3 aromatic carbocycles. The van der Waals surface area contributed by atoms with Gasteiger partial charge in [-0.1, -0.05) is 60.7 Å². The quantitative estimate of drug-likeness (QED) is 0.448. The largest absolute Gasteiger partial charge is 0.483 e. The Morgan fingerprint density at radius 1 is 0.914 bits per heavy atom. The minimum Gasteiger partial charge on any atom is -0.483 e. The molecule has 1 atom stereocenters. The van der Waals surface area contributed by atoms with Crippen LogP contribution in [0, 0.1) is 27.7 Å². The van der Waals surface area contributed by atoms with E-state index in [9.17, 15) is 9.59 Å². The molecule has 0 spiro atoms. The molecule has 2 amide bonds. The fraction of sp³-hybridized carbons (Fsp3) is 0.333. The van der Waals surface area contributed by atoms with Crippen LogP contribution < -0.4 is 10.1 Å². The minimum atomic E-state index is -0.659. The summed E-state index contributed by atoms with van der Waals surface area (Å²) in [6, 6.07) is 21.2. The number of carbonyl (C=O) groups is 2. The molecule has 0 unspecified atom stereocenters. The Hall–Kier alpha value is -3.60. The maximum atomic E-state index is 13.7. The van der Waals surface area contributed by atoms with Gasteiger partial charge in [0.15, 0.2) is 6.61 Å². The topological polar surface area (TPSA) is 58.6 Å². The lowest BCUT2D eigenvalue weighted by atomic mass is 10.0. The lowest BCUT2D eigenvalue weighted by molar-refractivity contribution is -0.142. The van der Waals surface area contributed by atoms with E-state index in [1.165, 1.54) is 0 Å². The number of hydrogen-bond acceptors (Lipinski definition) is 3. The molecule has 0 aliphatic rings. The van der Waals surface area contributed by atoms with Crippen molar-refractivity contribution >= 4 is 11.8 Å². The van der Waals surface area contributed by atoms with Gasteiger partial charge in [-0.25, -0.2) is 0 Å². The van der Waals surface area contributed by atoms with Gasteiger partial charge in [-0.3, -0.25) is 9.59 Å². The zero-order valence-electron chi connectivity index (χ0n) is 21.4. The highest BCUT2D eigenvalue weighted by Gasteiger charge is 2.30. The van der Waals surface area contributed by atoms with E-state index in [1.54, 1.807) is 4.90 Å². The summed E-state index contributed by atoms with van der Waals surface area (Å²) in [7, 11) is 0. The molecule has 0 aromatic heterocycles. The second kappa shape index (κ2) is 12.2. The number of amides is 2. The zero-order valence-corrected chi connectivity index (χ0v) is 21.4. The Balaban J connectivity index is 1.93. The molecular weight excluding hydrogens is 436 g/mol. The van der Waals surface area contributed by atoms with Crippen molar-refractivity contribution in [3.63, 3.8) is 0 Å². The van der Waals surface area contributed by atoms with Gasteiger partial charge in [-0.05, 0) is 74.1 Å². The van der Waals surface area contributed by atoms with E-state index < -0.39 is 6.04 Å². The summed E-state index contributed by atoms with van der Waals surface area (Å²) in [5.74, 6) is 0.309. The third-order valence-corrected chi connectivity index (χ3v) is 6.34. The second-order valence-corrected chi connectivity index (χ2v) is 9.04. The first kappa shape index (κ1) is 26.0. The maximum absolute atomic E-state index is 13.7. The van der Waals surface area contributed by atoms with Crippen molar-refractivity contribution in [3.05, 3.63) is 100 Å². The predicted octanol–water partition coefficient (Wildman–Crippen LogP) is 5.08. The first-order valence-electron chi connectivity index (χ1n) is 12.2. The number of carbonyl (C=O) groups excluding carboxylic acids is 2. The highest BCUT2D eigenvalue weighted by atomic mass is 16.5. The van der Waals surface area contributed by atoms with Crippen LogP contribution in [0.5, 0.6) is 5.75 Å². The molecule has 0 saturated carbocycles. The number of nitrogens with one attached hydrogen (secondary N) is 1. The van der Waals surface area contributed by atoms with Crippen LogP contribution in [0.3, 0.4) is 0 Å². The molecule has 0 bridgehead atoms. The fourth-order valence-corrected chi connectivity index (χ4v) is 4.19. The summed E-state index contributed by atoms with van der Waals surface area (Å²) in [6.45, 7) is 10.6. The summed E-state index contributed by atoms with van der Waals surface area (Å²) in [5, 5.41) is 2.93. The molecule has 0 aliphatic heterocycles. The molecule has 184 valence electrons. The van der Waals surface area contributed by atoms with Crippen LogP contribution in [0.15, 0.2) is 66.7 Å². The van der Waals surface area contributed by atoms with E-state index in [0.29, 0.717) is 25.3 Å². The standard InChI is InChI=1S/C30H36N2O3/c1-6-31-30(34)27(18-25-13-8-7-9-14-25)32(19-26-15-11-10-12-22(26)3)29(33)20-35-28-17-21(2)16-23(4)24(28)5/h7-17,27H,6,18-20H2,1-5H3,(H,31,34)/t27-/m0/s1. The monoisotopic (exact) mass is 472 g/mol. The first-order valence-corrected chi connectivity index (χ1v) is 12.2. The van der Waals surface area contributed by atoms with Gasteiger partial charge in [0.1, 0.15) is 11.8 Å². The summed E-state index contributed by atoms with van der Waals surface area (Å²) >= 11 is 0. The summed E-state index contributed by atoms with van der Waals surface area (Å²) < 4.78 is 6.03. The number of ether oxygens (including phenoxy) is 1. The molecule has 5 heteroatoms. The summed E-state index contributed by atoms with van der Waals surface area (Å²) in [5.41, 5.74) is 6.29. The van der Waals surface area contributed by atoms with E-state index in [1.807, 2.05) is 95.3 Å². The van der Waals surface area contributed by atoms with Crippen LogP contribution in [0.4, 0.5) is 0 Å². The maximum Gasteiger partial charge on any atom is 0.261 e. The summed E-state index contributed by atoms with van der Waals surface area (Å²) in [6.07, 6.45) is 0.423. The smallest absolute Gasteiger partial charge is 0.261 e. The molecule has 3 aromatic rings. The van der Waals surface area contributed by atoms with Crippen LogP contribution in [0.1, 0.15) is 40.3 Å². The number of nitrogens with zero attached hydrogens (tertiary/aromatic N) is 1. The molecular formula is C30H36N2O3. The Labute approximate surface area is 209 Å². The Morgan fingerprint density at radius 2 is 1.60 bits per heavy atom. The van der Waals surface area contributed by atoms with E-state index in [4.69, 9.17) is 4.74 Å². The molecule has 35 heavy (non-hydrogen) atoms. The Kier molecular flexibility index (Phi) is 9.07. The number of benzene rings is 3. The average molecular weight is 473 g/mol. The number of hydrogen-bond donors (Lipinski definition) is 1. The van der Waals surface area contributed by atoms with Crippen LogP contribution in [-0.4, -0.2) is 35.9 Å². The van der Waals surface area contributed by atoms with Crippen molar-refractivity contribution in [1.82, 2.24) is 10.2 Å². The molecule has 0 radical (unpaired) electrons. The molecule has 0 saturated heterocycles. The average Bonchev–Trinajstić information content (AvgIpc) is 2.84. The Morgan fingerprint density at radius 3 is 2.29 bits per heavy atom. The molecule has 1 N–H and O–H groups in total. The number of rotatable bonds is 10. The van der Waals surface area contributed by atoms with Crippen molar-refractivity contribution in [2.75, 3.05) is 13.2 Å². The van der Waals surface area contributed by atoms with Crippen LogP contribution >= 0.6 is 0 Å². The van der Waals surface area contributed by atoms with Gasteiger partial charge in [0.2, 0.25) is 5.91 Å². The van der Waals surface area contributed by atoms with Crippen LogP contribution in [0.25, 0.3) is 0 Å². The second-order valence-electron chi connectivity index (χ2n) is 9.04. The van der Waals surface area contributed by atoms with Gasteiger partial charge in [0.25, 0.3) is 5.91 Å². The van der Waals surface area contributed by atoms with Gasteiger partial charge in [0, 0.05) is 19.5 Å². The molecule has 5 nitrogen and oxygen atoms in total. The van der Waals surface area contributed by atoms with Gasteiger partial charge < -0.3 is 15.0 Å². The van der Waals surface area contributed by atoms with Crippen molar-refractivity contribution in [1.29, 1.82) is 0 Å². The zero-order chi connectivity index (χ0) is 25.4. The molecule has 0 heterocycles. The molecule has 0 fully saturated rings. The van der Waals surface area contributed by atoms with Gasteiger partial charge >= 0.3 is 0 Å². The summed E-state index contributed by atoms with van der Waals surface area (Å²) in [4.78, 5) is 28.6. The highest BCUT2D eigenvalue weighted by molar-refractivity contribution is 5.88. The van der Waals surface area contributed by atoms with Crippen molar-refractivity contribution in [2.45, 2.75) is 53.6 Å².